The summed E-state index contributed by atoms with van der Waals surface area (Å²) in [7, 11) is 1.41. The first-order valence-corrected chi connectivity index (χ1v) is 6.23. The van der Waals surface area contributed by atoms with Gasteiger partial charge in [0, 0.05) is 12.7 Å². The average molecular weight is 318 g/mol. The number of nitro benzene ring substituents is 3. The standard InChI is InChI=1S/C13H10N4O6/c1-14(9-5-3-2-4-6-9)13-11(16(20)21)7-10(15(18)19)8-12(13)17(22)23/h2-8H,1H3. The summed E-state index contributed by atoms with van der Waals surface area (Å²) in [5.41, 5.74) is -1.99. The van der Waals surface area contributed by atoms with Crippen molar-refractivity contribution in [3.05, 3.63) is 72.8 Å². The van der Waals surface area contributed by atoms with Crippen LogP contribution in [0.4, 0.5) is 28.4 Å². The minimum Gasteiger partial charge on any atom is -0.333 e. The highest BCUT2D eigenvalue weighted by Gasteiger charge is 2.33. The number of hydrogen-bond donors (Lipinski definition) is 0. The van der Waals surface area contributed by atoms with Crippen LogP contribution in [0.1, 0.15) is 0 Å². The largest absolute Gasteiger partial charge is 0.333 e. The van der Waals surface area contributed by atoms with Crippen LogP contribution in [0.25, 0.3) is 0 Å². The first-order chi connectivity index (χ1) is 10.8. The molecule has 10 heteroatoms. The molecule has 2 rings (SSSR count). The van der Waals surface area contributed by atoms with Crippen LogP contribution in [0.5, 0.6) is 0 Å². The van der Waals surface area contributed by atoms with Crippen LogP contribution in [-0.4, -0.2) is 21.8 Å². The fourth-order valence-electron chi connectivity index (χ4n) is 2.10. The second-order valence-electron chi connectivity index (χ2n) is 4.50. The Labute approximate surface area is 129 Å². The average Bonchev–Trinajstić information content (AvgIpc) is 2.53. The predicted molar refractivity (Wildman–Crippen MR) is 80.9 cm³/mol. The van der Waals surface area contributed by atoms with Crippen molar-refractivity contribution in [1.82, 2.24) is 0 Å². The molecule has 118 valence electrons. The highest BCUT2D eigenvalue weighted by Crippen LogP contribution is 2.42. The molecule has 0 saturated heterocycles. The van der Waals surface area contributed by atoms with E-state index in [0.717, 1.165) is 0 Å². The van der Waals surface area contributed by atoms with Gasteiger partial charge in [0.25, 0.3) is 5.69 Å². The quantitative estimate of drug-likeness (QED) is 0.610. The number of nitrogens with zero attached hydrogens (tertiary/aromatic N) is 4. The van der Waals surface area contributed by atoms with Gasteiger partial charge in [0.1, 0.15) is 0 Å². The van der Waals surface area contributed by atoms with Crippen molar-refractivity contribution < 1.29 is 14.8 Å². The summed E-state index contributed by atoms with van der Waals surface area (Å²) in [6.45, 7) is 0. The highest BCUT2D eigenvalue weighted by atomic mass is 16.6. The van der Waals surface area contributed by atoms with E-state index in [4.69, 9.17) is 0 Å². The van der Waals surface area contributed by atoms with Crippen molar-refractivity contribution in [3.63, 3.8) is 0 Å². The van der Waals surface area contributed by atoms with E-state index >= 15 is 0 Å². The molecule has 23 heavy (non-hydrogen) atoms. The van der Waals surface area contributed by atoms with Crippen molar-refractivity contribution >= 4 is 28.4 Å². The Morgan fingerprint density at radius 2 is 1.30 bits per heavy atom. The van der Waals surface area contributed by atoms with Gasteiger partial charge in [0.15, 0.2) is 5.69 Å². The summed E-state index contributed by atoms with van der Waals surface area (Å²) >= 11 is 0. The molecule has 0 fully saturated rings. The molecule has 0 bridgehead atoms. The molecule has 0 aliphatic heterocycles. The molecule has 0 spiro atoms. The van der Waals surface area contributed by atoms with Crippen molar-refractivity contribution in [2.75, 3.05) is 11.9 Å². The molecule has 0 amide bonds. The van der Waals surface area contributed by atoms with Crippen LogP contribution in [0, 0.1) is 30.3 Å². The molecule has 0 aromatic heterocycles. The Hall–Kier alpha value is -3.56. The number of para-hydroxylation sites is 1. The number of nitro groups is 3. The third-order valence-electron chi connectivity index (χ3n) is 3.14. The Bertz CT molecular complexity index is 757. The predicted octanol–water partition coefficient (Wildman–Crippen LogP) is 3.18. The number of benzene rings is 2. The zero-order chi connectivity index (χ0) is 17.1. The van der Waals surface area contributed by atoms with Crippen LogP contribution < -0.4 is 4.90 Å². The zero-order valence-electron chi connectivity index (χ0n) is 11.8. The summed E-state index contributed by atoms with van der Waals surface area (Å²) in [4.78, 5) is 31.9. The van der Waals surface area contributed by atoms with E-state index in [9.17, 15) is 30.3 Å². The van der Waals surface area contributed by atoms with Gasteiger partial charge in [0.05, 0.1) is 26.9 Å². The van der Waals surface area contributed by atoms with Crippen LogP contribution in [0.15, 0.2) is 42.5 Å². The molecule has 0 aliphatic carbocycles. The summed E-state index contributed by atoms with van der Waals surface area (Å²) in [5.74, 6) is 0. The lowest BCUT2D eigenvalue weighted by Crippen LogP contribution is -2.14. The fraction of sp³-hybridized carbons (Fsp3) is 0.0769. The third-order valence-corrected chi connectivity index (χ3v) is 3.14. The van der Waals surface area contributed by atoms with Gasteiger partial charge < -0.3 is 4.90 Å². The van der Waals surface area contributed by atoms with E-state index in [0.29, 0.717) is 17.8 Å². The maximum Gasteiger partial charge on any atom is 0.306 e. The second kappa shape index (κ2) is 6.05. The number of rotatable bonds is 5. The first-order valence-electron chi connectivity index (χ1n) is 6.23. The van der Waals surface area contributed by atoms with E-state index in [-0.39, 0.29) is 5.69 Å². The molecule has 0 N–H and O–H groups in total. The summed E-state index contributed by atoms with van der Waals surface area (Å²) in [6.07, 6.45) is 0. The van der Waals surface area contributed by atoms with Crippen molar-refractivity contribution in [2.45, 2.75) is 0 Å². The molecule has 2 aromatic carbocycles. The van der Waals surface area contributed by atoms with Gasteiger partial charge in [-0.15, -0.1) is 0 Å². The van der Waals surface area contributed by atoms with Crippen molar-refractivity contribution in [2.24, 2.45) is 0 Å². The molecule has 2 aromatic rings. The summed E-state index contributed by atoms with van der Waals surface area (Å²) in [6, 6.07) is 9.67. The molecular formula is C13H10N4O6. The van der Waals surface area contributed by atoms with Gasteiger partial charge in [-0.2, -0.15) is 0 Å². The molecule has 0 heterocycles. The SMILES string of the molecule is CN(c1ccccc1)c1c([N+](=O)[O-])cc([N+](=O)[O-])cc1[N+](=O)[O-]. The lowest BCUT2D eigenvalue weighted by Gasteiger charge is -2.18. The topological polar surface area (TPSA) is 133 Å². The fourth-order valence-corrected chi connectivity index (χ4v) is 2.10. The molecule has 0 radical (unpaired) electrons. The molecule has 0 aliphatic rings. The lowest BCUT2D eigenvalue weighted by molar-refractivity contribution is -0.402. The summed E-state index contributed by atoms with van der Waals surface area (Å²) in [5, 5.41) is 33.3. The summed E-state index contributed by atoms with van der Waals surface area (Å²) < 4.78 is 0. The molecule has 0 atom stereocenters. The van der Waals surface area contributed by atoms with Gasteiger partial charge in [0.2, 0.25) is 0 Å². The Kier molecular flexibility index (Phi) is 4.16. The van der Waals surface area contributed by atoms with Gasteiger partial charge in [-0.1, -0.05) is 18.2 Å². The maximum absolute atomic E-state index is 11.2. The minimum absolute atomic E-state index is 0.322. The van der Waals surface area contributed by atoms with Gasteiger partial charge in [-0.05, 0) is 12.1 Å². The number of hydrogen-bond acceptors (Lipinski definition) is 7. The minimum atomic E-state index is -0.910. The molecule has 0 saturated carbocycles. The molecular weight excluding hydrogens is 308 g/mol. The van der Waals surface area contributed by atoms with E-state index < -0.39 is 31.8 Å². The van der Waals surface area contributed by atoms with Gasteiger partial charge in [-0.25, -0.2) is 0 Å². The number of non-ortho nitro benzene ring substituents is 1. The normalized spacial score (nSPS) is 10.1. The van der Waals surface area contributed by atoms with E-state index in [1.54, 1.807) is 30.3 Å². The van der Waals surface area contributed by atoms with Gasteiger partial charge >= 0.3 is 11.4 Å². The molecule has 10 nitrogen and oxygen atoms in total. The Morgan fingerprint density at radius 1 is 0.826 bits per heavy atom. The van der Waals surface area contributed by atoms with Crippen LogP contribution in [-0.2, 0) is 0 Å². The lowest BCUT2D eigenvalue weighted by atomic mass is 10.1. The van der Waals surface area contributed by atoms with E-state index in [2.05, 4.69) is 0 Å². The number of anilines is 2. The van der Waals surface area contributed by atoms with Crippen molar-refractivity contribution in [1.29, 1.82) is 0 Å². The van der Waals surface area contributed by atoms with Crippen LogP contribution in [0.3, 0.4) is 0 Å². The highest BCUT2D eigenvalue weighted by molar-refractivity contribution is 5.82. The zero-order valence-corrected chi connectivity index (χ0v) is 11.8. The van der Waals surface area contributed by atoms with E-state index in [1.807, 2.05) is 0 Å². The monoisotopic (exact) mass is 318 g/mol. The third kappa shape index (κ3) is 3.05. The Morgan fingerprint density at radius 3 is 1.70 bits per heavy atom. The molecule has 0 unspecified atom stereocenters. The van der Waals surface area contributed by atoms with Crippen LogP contribution in [0.2, 0.25) is 0 Å². The second-order valence-corrected chi connectivity index (χ2v) is 4.50. The van der Waals surface area contributed by atoms with Gasteiger partial charge in [-0.3, -0.25) is 30.3 Å². The maximum atomic E-state index is 11.2. The Balaban J connectivity index is 2.76. The van der Waals surface area contributed by atoms with E-state index in [1.165, 1.54) is 11.9 Å². The first kappa shape index (κ1) is 15.8. The van der Waals surface area contributed by atoms with Crippen molar-refractivity contribution in [3.8, 4) is 0 Å². The smallest absolute Gasteiger partial charge is 0.306 e. The van der Waals surface area contributed by atoms with Crippen LogP contribution >= 0.6 is 0 Å².